The Labute approximate surface area is 206 Å². The Bertz CT molecular complexity index is 1510. The highest BCUT2D eigenvalue weighted by molar-refractivity contribution is 7.91. The summed E-state index contributed by atoms with van der Waals surface area (Å²) in [5, 5.41) is 22.7. The third-order valence-electron chi connectivity index (χ3n) is 6.66. The fourth-order valence-corrected chi connectivity index (χ4v) is 6.69. The Morgan fingerprint density at radius 2 is 2.22 bits per heavy atom. The number of aromatic nitrogens is 2. The third kappa shape index (κ3) is 3.56. The van der Waals surface area contributed by atoms with Crippen LogP contribution in [0, 0.1) is 12.7 Å². The van der Waals surface area contributed by atoms with Gasteiger partial charge in [0.05, 0.1) is 35.4 Å². The topological polar surface area (TPSA) is 154 Å². The first kappa shape index (κ1) is 24.5. The number of benzene rings is 1. The van der Waals surface area contributed by atoms with E-state index in [9.17, 15) is 33.5 Å². The van der Waals surface area contributed by atoms with Crippen molar-refractivity contribution in [2.75, 3.05) is 19.5 Å². The van der Waals surface area contributed by atoms with E-state index >= 15 is 0 Å². The van der Waals surface area contributed by atoms with Crippen LogP contribution in [-0.2, 0) is 38.7 Å². The lowest BCUT2D eigenvalue weighted by molar-refractivity contribution is -0.124. The van der Waals surface area contributed by atoms with Crippen LogP contribution in [0.15, 0.2) is 21.8 Å². The van der Waals surface area contributed by atoms with Crippen molar-refractivity contribution in [2.24, 2.45) is 0 Å². The molecule has 3 aromatic rings. The average molecular weight is 516 g/mol. The molecule has 5 rings (SSSR count). The van der Waals surface area contributed by atoms with Crippen molar-refractivity contribution >= 4 is 34.3 Å². The summed E-state index contributed by atoms with van der Waals surface area (Å²) in [4.78, 5) is 41.8. The molecule has 3 unspecified atom stereocenters. The first-order valence-electron chi connectivity index (χ1n) is 11.0. The lowest BCUT2D eigenvalue weighted by Gasteiger charge is -2.30. The number of ether oxygens (including phenoxy) is 1. The molecule has 3 atom stereocenters. The van der Waals surface area contributed by atoms with Crippen LogP contribution in [0.2, 0.25) is 0 Å². The molecule has 10 nitrogen and oxygen atoms in total. The number of nitrogens with one attached hydrogen (secondary N) is 1. The van der Waals surface area contributed by atoms with Crippen molar-refractivity contribution in [1.82, 2.24) is 14.9 Å². The van der Waals surface area contributed by atoms with Crippen LogP contribution < -0.4 is 10.9 Å². The van der Waals surface area contributed by atoms with Crippen molar-refractivity contribution in [3.8, 4) is 11.4 Å². The number of nitrogens with zero attached hydrogens (tertiary/aromatic N) is 2. The SMILES string of the molecule is COCc1c(C(O)C=O)cc2n(c1=O)Cc1c-2nc2cc(F)c(C)c3c2c1C(NC(=O)CO)C[S+]3[O-]. The lowest BCUT2D eigenvalue weighted by atomic mass is 9.93. The summed E-state index contributed by atoms with van der Waals surface area (Å²) in [6.07, 6.45) is -1.26. The summed E-state index contributed by atoms with van der Waals surface area (Å²) in [6, 6.07) is 1.91. The second kappa shape index (κ2) is 9.05. The molecule has 0 aliphatic carbocycles. The summed E-state index contributed by atoms with van der Waals surface area (Å²) < 4.78 is 34.5. The van der Waals surface area contributed by atoms with Crippen LogP contribution >= 0.6 is 0 Å². The third-order valence-corrected chi connectivity index (χ3v) is 8.26. The minimum atomic E-state index is -1.66. The molecule has 4 heterocycles. The number of methoxy groups -OCH3 is 1. The van der Waals surface area contributed by atoms with Crippen molar-refractivity contribution in [3.63, 3.8) is 0 Å². The van der Waals surface area contributed by atoms with Gasteiger partial charge in [-0.05, 0) is 24.2 Å². The number of aldehydes is 1. The number of halogens is 1. The number of rotatable bonds is 6. The van der Waals surface area contributed by atoms with Crippen LogP contribution in [0.1, 0.15) is 40.0 Å². The van der Waals surface area contributed by atoms with E-state index in [1.165, 1.54) is 30.7 Å². The normalized spacial score (nSPS) is 18.6. The predicted octanol–water partition coefficient (Wildman–Crippen LogP) is 0.522. The highest BCUT2D eigenvalue weighted by Crippen LogP contribution is 2.45. The number of hydrogen-bond acceptors (Lipinski definition) is 8. The Hall–Kier alpha value is -3.16. The van der Waals surface area contributed by atoms with Crippen LogP contribution in [-0.4, -0.2) is 56.0 Å². The molecule has 36 heavy (non-hydrogen) atoms. The first-order valence-corrected chi connectivity index (χ1v) is 12.4. The molecular weight excluding hydrogens is 493 g/mol. The molecule has 2 aromatic heterocycles. The summed E-state index contributed by atoms with van der Waals surface area (Å²) >= 11 is -1.66. The number of pyridine rings is 2. The smallest absolute Gasteiger partial charge is 0.257 e. The highest BCUT2D eigenvalue weighted by Gasteiger charge is 2.40. The molecule has 0 spiro atoms. The number of hydrogen-bond donors (Lipinski definition) is 3. The fourth-order valence-electron chi connectivity index (χ4n) is 5.09. The van der Waals surface area contributed by atoms with E-state index in [1.54, 1.807) is 0 Å². The number of aliphatic hydroxyl groups is 2. The van der Waals surface area contributed by atoms with Gasteiger partial charge in [-0.2, -0.15) is 0 Å². The zero-order valence-corrected chi connectivity index (χ0v) is 20.1. The van der Waals surface area contributed by atoms with Crippen molar-refractivity contribution in [1.29, 1.82) is 0 Å². The lowest BCUT2D eigenvalue weighted by Crippen LogP contribution is -2.38. The van der Waals surface area contributed by atoms with E-state index in [4.69, 9.17) is 4.74 Å². The quantitative estimate of drug-likeness (QED) is 0.248. The Morgan fingerprint density at radius 3 is 2.89 bits per heavy atom. The molecule has 12 heteroatoms. The molecule has 1 amide bonds. The monoisotopic (exact) mass is 515 g/mol. The summed E-state index contributed by atoms with van der Waals surface area (Å²) in [5.74, 6) is -1.32. The standard InChI is InChI=1S/C24H22FN3O7S/c1-10-14(25)4-15-21-20(16(26-19(32)7-30)9-36(34)23(10)21)12-5-28-17(22(12)27-15)3-11(18(31)6-29)13(8-35-2)24(28)33/h3-4,6,16,18,30-31H,5,7-9H2,1-2H3,(H,26,32). The largest absolute Gasteiger partial charge is 0.611 e. The molecule has 0 fully saturated rings. The number of fused-ring (bicyclic) bond motifs is 4. The van der Waals surface area contributed by atoms with Crippen molar-refractivity contribution in [2.45, 2.75) is 37.1 Å². The predicted molar refractivity (Wildman–Crippen MR) is 126 cm³/mol. The Morgan fingerprint density at radius 1 is 1.47 bits per heavy atom. The summed E-state index contributed by atoms with van der Waals surface area (Å²) in [6.45, 7) is 0.654. The van der Waals surface area contributed by atoms with Crippen LogP contribution in [0.5, 0.6) is 0 Å². The molecule has 2 aliphatic heterocycles. The molecule has 3 N–H and O–H groups in total. The van der Waals surface area contributed by atoms with E-state index in [0.717, 1.165) is 0 Å². The zero-order valence-electron chi connectivity index (χ0n) is 19.3. The number of carbonyl (C=O) groups excluding carboxylic acids is 2. The second-order valence-electron chi connectivity index (χ2n) is 8.72. The van der Waals surface area contributed by atoms with Gasteiger partial charge in [0.2, 0.25) is 5.91 Å². The molecule has 2 aliphatic rings. The first-order chi connectivity index (χ1) is 17.2. The van der Waals surface area contributed by atoms with Gasteiger partial charge in [-0.15, -0.1) is 0 Å². The van der Waals surface area contributed by atoms with Crippen molar-refractivity contribution in [3.05, 3.63) is 56.1 Å². The van der Waals surface area contributed by atoms with E-state index < -0.39 is 47.2 Å². The number of amides is 1. The fraction of sp³-hybridized carbons (Fsp3) is 0.333. The van der Waals surface area contributed by atoms with E-state index in [0.29, 0.717) is 34.2 Å². The van der Waals surface area contributed by atoms with Crippen molar-refractivity contribution < 1.29 is 33.5 Å². The van der Waals surface area contributed by atoms with Crippen LogP contribution in [0.3, 0.4) is 0 Å². The number of aliphatic hydroxyl groups excluding tert-OH is 2. The van der Waals surface area contributed by atoms with E-state index in [2.05, 4.69) is 10.3 Å². The van der Waals surface area contributed by atoms with Gasteiger partial charge in [-0.25, -0.2) is 9.37 Å². The van der Waals surface area contributed by atoms with Gasteiger partial charge in [0.15, 0.2) is 11.2 Å². The van der Waals surface area contributed by atoms with Gasteiger partial charge in [0.25, 0.3) is 5.56 Å². The number of carbonyl (C=O) groups is 2. The average Bonchev–Trinajstić information content (AvgIpc) is 3.22. The van der Waals surface area contributed by atoms with Crippen LogP contribution in [0.4, 0.5) is 4.39 Å². The van der Waals surface area contributed by atoms with Gasteiger partial charge >= 0.3 is 0 Å². The van der Waals surface area contributed by atoms with Gasteiger partial charge < -0.3 is 34.2 Å². The van der Waals surface area contributed by atoms with Crippen LogP contribution in [0.25, 0.3) is 22.3 Å². The molecule has 1 aromatic carbocycles. The van der Waals surface area contributed by atoms with E-state index in [1.807, 2.05) is 0 Å². The molecule has 0 bridgehead atoms. The maximum atomic E-state index is 14.8. The maximum Gasteiger partial charge on any atom is 0.257 e. The van der Waals surface area contributed by atoms with E-state index in [-0.39, 0.29) is 46.0 Å². The van der Waals surface area contributed by atoms with Gasteiger partial charge in [-0.1, -0.05) is 0 Å². The Kier molecular flexibility index (Phi) is 6.17. The maximum absolute atomic E-state index is 14.8. The highest BCUT2D eigenvalue weighted by atomic mass is 32.2. The summed E-state index contributed by atoms with van der Waals surface area (Å²) in [7, 11) is 1.38. The molecule has 0 saturated carbocycles. The second-order valence-corrected chi connectivity index (χ2v) is 10.2. The minimum Gasteiger partial charge on any atom is -0.611 e. The van der Waals surface area contributed by atoms with Gasteiger partial charge in [0, 0.05) is 41.0 Å². The molecule has 188 valence electrons. The molecule has 0 radical (unpaired) electrons. The Balaban J connectivity index is 1.85. The molecule has 0 saturated heterocycles. The van der Waals surface area contributed by atoms with Gasteiger partial charge in [0.1, 0.15) is 30.3 Å². The molecular formula is C24H22FN3O7S. The zero-order chi connectivity index (χ0) is 25.9. The van der Waals surface area contributed by atoms with Gasteiger partial charge in [-0.3, -0.25) is 9.59 Å². The summed E-state index contributed by atoms with van der Waals surface area (Å²) in [5.41, 5.74) is 1.84. The minimum absolute atomic E-state index is 0.0456.